The van der Waals surface area contributed by atoms with Crippen LogP contribution in [0.2, 0.25) is 0 Å². The third kappa shape index (κ3) is 6.11. The number of aromatic amines is 1. The lowest BCUT2D eigenvalue weighted by Crippen LogP contribution is -2.33. The van der Waals surface area contributed by atoms with Gasteiger partial charge in [0.15, 0.2) is 0 Å². The van der Waals surface area contributed by atoms with E-state index in [-0.39, 0.29) is 24.2 Å². The van der Waals surface area contributed by atoms with Crippen LogP contribution in [0.1, 0.15) is 60.1 Å². The third-order valence-electron chi connectivity index (χ3n) is 5.27. The van der Waals surface area contributed by atoms with Gasteiger partial charge < -0.3 is 25.7 Å². The Bertz CT molecular complexity index is 1140. The van der Waals surface area contributed by atoms with Crippen molar-refractivity contribution < 1.29 is 23.5 Å². The molecule has 1 aromatic heterocycles. The van der Waals surface area contributed by atoms with E-state index in [0.29, 0.717) is 59.0 Å². The molecule has 0 atom stereocenters. The Kier molecular flexibility index (Phi) is 7.56. The Morgan fingerprint density at radius 3 is 2.59 bits per heavy atom. The molecule has 3 rings (SSSR count). The van der Waals surface area contributed by atoms with Gasteiger partial charge in [-0.3, -0.25) is 14.4 Å². The third-order valence-corrected chi connectivity index (χ3v) is 5.27. The number of ether oxygens (including phenoxy) is 1. The van der Waals surface area contributed by atoms with Crippen LogP contribution in [0, 0.1) is 19.7 Å². The van der Waals surface area contributed by atoms with Gasteiger partial charge in [-0.25, -0.2) is 4.39 Å². The van der Waals surface area contributed by atoms with Gasteiger partial charge in [-0.2, -0.15) is 0 Å². The van der Waals surface area contributed by atoms with E-state index in [9.17, 15) is 18.8 Å². The van der Waals surface area contributed by atoms with Crippen LogP contribution in [0.25, 0.3) is 11.6 Å². The van der Waals surface area contributed by atoms with Gasteiger partial charge in [0.1, 0.15) is 11.4 Å². The maximum Gasteiger partial charge on any atom is 0.307 e. The van der Waals surface area contributed by atoms with Crippen LogP contribution in [-0.2, 0) is 14.3 Å². The molecular formula is C25H31FN4O4. The van der Waals surface area contributed by atoms with Gasteiger partial charge in [0.25, 0.3) is 11.8 Å². The van der Waals surface area contributed by atoms with Crippen LogP contribution in [0.15, 0.2) is 18.2 Å². The van der Waals surface area contributed by atoms with Gasteiger partial charge in [0, 0.05) is 42.3 Å². The number of carbonyl (C=O) groups is 3. The van der Waals surface area contributed by atoms with E-state index < -0.39 is 11.4 Å². The van der Waals surface area contributed by atoms with E-state index in [1.165, 1.54) is 18.2 Å². The first-order chi connectivity index (χ1) is 16.0. The molecule has 34 heavy (non-hydrogen) atoms. The molecule has 2 heterocycles. The van der Waals surface area contributed by atoms with Crippen LogP contribution in [0.5, 0.6) is 0 Å². The Balaban J connectivity index is 1.58. The second kappa shape index (κ2) is 10.2. The maximum absolute atomic E-state index is 13.7. The molecular weight excluding hydrogens is 439 g/mol. The number of hydrogen-bond donors (Lipinski definition) is 4. The summed E-state index contributed by atoms with van der Waals surface area (Å²) in [6, 6.07) is 4.13. The maximum atomic E-state index is 13.7. The molecule has 0 unspecified atom stereocenters. The highest BCUT2D eigenvalue weighted by molar-refractivity contribution is 6.34. The van der Waals surface area contributed by atoms with E-state index in [1.54, 1.807) is 19.9 Å². The van der Waals surface area contributed by atoms with Crippen molar-refractivity contribution in [1.82, 2.24) is 15.6 Å². The summed E-state index contributed by atoms with van der Waals surface area (Å²) in [5, 5.41) is 8.68. The molecule has 182 valence electrons. The minimum absolute atomic E-state index is 0.243. The SMILES string of the molecule is Cc1[nH]c(/C=C2\C(=O)Nc3ccc(F)cc32)c(C)c1C(=O)NCCNCCC(=O)OC(C)(C)C. The summed E-state index contributed by atoms with van der Waals surface area (Å²) in [6.07, 6.45) is 1.89. The lowest BCUT2D eigenvalue weighted by Gasteiger charge is -2.19. The summed E-state index contributed by atoms with van der Waals surface area (Å²) in [7, 11) is 0. The van der Waals surface area contributed by atoms with E-state index >= 15 is 0 Å². The zero-order valence-electron chi connectivity index (χ0n) is 20.1. The number of halogens is 1. The number of carbonyl (C=O) groups excluding carboxylic acids is 3. The molecule has 2 amide bonds. The first-order valence-electron chi connectivity index (χ1n) is 11.2. The van der Waals surface area contributed by atoms with Crippen molar-refractivity contribution in [3.05, 3.63) is 52.1 Å². The number of H-pyrrole nitrogens is 1. The number of amides is 2. The Morgan fingerprint density at radius 2 is 1.88 bits per heavy atom. The van der Waals surface area contributed by atoms with Crippen LogP contribution in [0.3, 0.4) is 0 Å². The van der Waals surface area contributed by atoms with Gasteiger partial charge in [0.2, 0.25) is 0 Å². The highest BCUT2D eigenvalue weighted by Crippen LogP contribution is 2.34. The predicted molar refractivity (Wildman–Crippen MR) is 129 cm³/mol. The predicted octanol–water partition coefficient (Wildman–Crippen LogP) is 3.31. The topological polar surface area (TPSA) is 112 Å². The molecule has 0 radical (unpaired) electrons. The summed E-state index contributed by atoms with van der Waals surface area (Å²) in [4.78, 5) is 40.0. The number of esters is 1. The second-order valence-electron chi connectivity index (χ2n) is 9.21. The fraction of sp³-hybridized carbons (Fsp3) is 0.400. The average molecular weight is 471 g/mol. The fourth-order valence-corrected chi connectivity index (χ4v) is 3.77. The number of anilines is 1. The molecule has 4 N–H and O–H groups in total. The monoisotopic (exact) mass is 470 g/mol. The zero-order valence-corrected chi connectivity index (χ0v) is 20.1. The van der Waals surface area contributed by atoms with E-state index in [4.69, 9.17) is 4.74 Å². The average Bonchev–Trinajstić information content (AvgIpc) is 3.18. The summed E-state index contributed by atoms with van der Waals surface area (Å²) in [5.74, 6) is -1.27. The number of aryl methyl sites for hydroxylation is 1. The van der Waals surface area contributed by atoms with E-state index in [2.05, 4.69) is 20.9 Å². The molecule has 9 heteroatoms. The molecule has 0 saturated heterocycles. The van der Waals surface area contributed by atoms with Crippen molar-refractivity contribution in [2.24, 2.45) is 0 Å². The molecule has 0 bridgehead atoms. The van der Waals surface area contributed by atoms with E-state index in [1.807, 2.05) is 20.8 Å². The van der Waals surface area contributed by atoms with Crippen LogP contribution < -0.4 is 16.0 Å². The number of benzene rings is 1. The van der Waals surface area contributed by atoms with Gasteiger partial charge >= 0.3 is 5.97 Å². The molecule has 0 spiro atoms. The number of hydrogen-bond acceptors (Lipinski definition) is 5. The number of nitrogens with one attached hydrogen (secondary N) is 4. The van der Waals surface area contributed by atoms with Crippen molar-refractivity contribution in [3.63, 3.8) is 0 Å². The summed E-state index contributed by atoms with van der Waals surface area (Å²) in [5.41, 5.74) is 3.33. The van der Waals surface area contributed by atoms with Crippen molar-refractivity contribution in [1.29, 1.82) is 0 Å². The van der Waals surface area contributed by atoms with Crippen molar-refractivity contribution in [3.8, 4) is 0 Å². The lowest BCUT2D eigenvalue weighted by molar-refractivity contribution is -0.154. The molecule has 0 saturated carbocycles. The Labute approximate surface area is 198 Å². The largest absolute Gasteiger partial charge is 0.460 e. The first kappa shape index (κ1) is 25.2. The molecule has 0 aliphatic carbocycles. The number of aromatic nitrogens is 1. The molecule has 8 nitrogen and oxygen atoms in total. The minimum Gasteiger partial charge on any atom is -0.460 e. The number of rotatable bonds is 8. The lowest BCUT2D eigenvalue weighted by atomic mass is 10.0. The molecule has 0 fully saturated rings. The first-order valence-corrected chi connectivity index (χ1v) is 11.2. The summed E-state index contributed by atoms with van der Waals surface area (Å²) in [6.45, 7) is 10.4. The van der Waals surface area contributed by atoms with E-state index in [0.717, 1.165) is 0 Å². The van der Waals surface area contributed by atoms with Crippen LogP contribution in [-0.4, -0.2) is 48.0 Å². The highest BCUT2D eigenvalue weighted by Gasteiger charge is 2.26. The summed E-state index contributed by atoms with van der Waals surface area (Å²) >= 11 is 0. The van der Waals surface area contributed by atoms with Gasteiger partial charge in [-0.15, -0.1) is 0 Å². The van der Waals surface area contributed by atoms with Gasteiger partial charge in [0.05, 0.1) is 17.6 Å². The van der Waals surface area contributed by atoms with Crippen molar-refractivity contribution >= 4 is 35.1 Å². The van der Waals surface area contributed by atoms with Crippen molar-refractivity contribution in [2.45, 2.75) is 46.6 Å². The van der Waals surface area contributed by atoms with Crippen LogP contribution in [0.4, 0.5) is 10.1 Å². The second-order valence-corrected chi connectivity index (χ2v) is 9.21. The van der Waals surface area contributed by atoms with Gasteiger partial charge in [-0.05, 0) is 64.5 Å². The molecule has 2 aromatic rings. The normalized spacial score (nSPS) is 14.2. The Hall–Kier alpha value is -3.46. The van der Waals surface area contributed by atoms with Crippen LogP contribution >= 0.6 is 0 Å². The zero-order chi connectivity index (χ0) is 25.0. The number of fused-ring (bicyclic) bond motifs is 1. The Morgan fingerprint density at radius 1 is 1.15 bits per heavy atom. The summed E-state index contributed by atoms with van der Waals surface area (Å²) < 4.78 is 18.9. The molecule has 1 aromatic carbocycles. The fourth-order valence-electron chi connectivity index (χ4n) is 3.77. The standard InChI is InChI=1S/C25H31FN4O4/c1-14-20(13-18-17-12-16(26)6-7-19(17)30-23(18)32)29-15(2)22(14)24(33)28-11-10-27-9-8-21(31)34-25(3,4)5/h6-7,12-13,27,29H,8-11H2,1-5H3,(H,28,33)(H,30,32)/b18-13-. The molecule has 1 aliphatic heterocycles. The molecule has 1 aliphatic rings. The minimum atomic E-state index is -0.507. The highest BCUT2D eigenvalue weighted by atomic mass is 19.1. The quantitative estimate of drug-likeness (QED) is 0.269. The van der Waals surface area contributed by atoms with Gasteiger partial charge in [-0.1, -0.05) is 0 Å². The smallest absolute Gasteiger partial charge is 0.307 e. The van der Waals surface area contributed by atoms with Crippen molar-refractivity contribution in [2.75, 3.05) is 25.0 Å².